The van der Waals surface area contributed by atoms with Gasteiger partial charge in [-0.15, -0.1) is 10.2 Å². The zero-order valence-electron chi connectivity index (χ0n) is 13.5. The normalized spacial score (nSPS) is 10.2. The quantitative estimate of drug-likeness (QED) is 0.715. The lowest BCUT2D eigenvalue weighted by atomic mass is 10.2. The summed E-state index contributed by atoms with van der Waals surface area (Å²) in [6.45, 7) is 1.87. The van der Waals surface area contributed by atoms with Gasteiger partial charge in [0.1, 0.15) is 5.82 Å². The molecule has 0 saturated heterocycles. The van der Waals surface area contributed by atoms with Crippen molar-refractivity contribution in [3.63, 3.8) is 0 Å². The summed E-state index contributed by atoms with van der Waals surface area (Å²) in [5, 5.41) is 20.6. The fraction of sp³-hybridized carbons (Fsp3) is 0.111. The fourth-order valence-corrected chi connectivity index (χ4v) is 3.10. The van der Waals surface area contributed by atoms with E-state index in [2.05, 4.69) is 15.5 Å². The Morgan fingerprint density at radius 1 is 1.20 bits per heavy atom. The van der Waals surface area contributed by atoms with Crippen LogP contribution in [-0.2, 0) is 4.79 Å². The summed E-state index contributed by atoms with van der Waals surface area (Å²) < 4.78 is 1.91. The highest BCUT2D eigenvalue weighted by Crippen LogP contribution is 2.22. The van der Waals surface area contributed by atoms with Crippen molar-refractivity contribution in [3.8, 4) is 11.8 Å². The number of nitrogens with one attached hydrogen (secondary N) is 1. The third-order valence-corrected chi connectivity index (χ3v) is 4.35. The van der Waals surface area contributed by atoms with Crippen LogP contribution in [0.5, 0.6) is 0 Å². The zero-order valence-corrected chi connectivity index (χ0v) is 14.3. The van der Waals surface area contributed by atoms with Crippen LogP contribution in [0, 0.1) is 18.3 Å². The molecule has 0 radical (unpaired) electrons. The smallest absolute Gasteiger partial charge is 0.234 e. The van der Waals surface area contributed by atoms with Gasteiger partial charge >= 0.3 is 0 Å². The Labute approximate surface area is 149 Å². The molecule has 1 aromatic heterocycles. The first kappa shape index (κ1) is 16.7. The van der Waals surface area contributed by atoms with Gasteiger partial charge in [-0.05, 0) is 37.3 Å². The molecule has 25 heavy (non-hydrogen) atoms. The largest absolute Gasteiger partial charge is 0.325 e. The highest BCUT2D eigenvalue weighted by molar-refractivity contribution is 7.99. The number of para-hydroxylation sites is 1. The first-order valence-electron chi connectivity index (χ1n) is 7.57. The summed E-state index contributed by atoms with van der Waals surface area (Å²) >= 11 is 1.31. The zero-order chi connectivity index (χ0) is 17.6. The summed E-state index contributed by atoms with van der Waals surface area (Å²) in [7, 11) is 0. The van der Waals surface area contributed by atoms with Crippen LogP contribution in [0.1, 0.15) is 11.4 Å². The van der Waals surface area contributed by atoms with Crippen LogP contribution in [0.25, 0.3) is 5.69 Å². The second-order valence-corrected chi connectivity index (χ2v) is 6.17. The number of hydrogen-bond acceptors (Lipinski definition) is 5. The SMILES string of the molecule is Cc1nnc(SCC(=O)Nc2cccc(C#N)c2)n1-c1ccccc1. The van der Waals surface area contributed by atoms with Crippen molar-refractivity contribution in [3.05, 3.63) is 66.0 Å². The monoisotopic (exact) mass is 349 g/mol. The van der Waals surface area contributed by atoms with E-state index in [0.29, 0.717) is 16.4 Å². The number of nitrogens with zero attached hydrogens (tertiary/aromatic N) is 4. The molecular weight excluding hydrogens is 334 g/mol. The number of amides is 1. The number of aromatic nitrogens is 3. The van der Waals surface area contributed by atoms with Crippen molar-refractivity contribution >= 4 is 23.4 Å². The number of benzene rings is 2. The van der Waals surface area contributed by atoms with Crippen LogP contribution in [0.2, 0.25) is 0 Å². The standard InChI is InChI=1S/C18H15N5OS/c1-13-21-22-18(23(13)16-8-3-2-4-9-16)25-12-17(24)20-15-7-5-6-14(10-15)11-19/h2-10H,12H2,1H3,(H,20,24). The number of carbonyl (C=O) groups is 1. The second-order valence-electron chi connectivity index (χ2n) is 5.23. The molecule has 2 aromatic carbocycles. The van der Waals surface area contributed by atoms with Gasteiger partial charge in [0, 0.05) is 11.4 Å². The van der Waals surface area contributed by atoms with Crippen molar-refractivity contribution in [1.82, 2.24) is 14.8 Å². The molecule has 0 aliphatic carbocycles. The molecule has 7 heteroatoms. The molecule has 3 rings (SSSR count). The molecule has 0 saturated carbocycles. The number of nitriles is 1. The van der Waals surface area contributed by atoms with Gasteiger partial charge in [-0.25, -0.2) is 0 Å². The van der Waals surface area contributed by atoms with Gasteiger partial charge in [0.25, 0.3) is 0 Å². The molecule has 6 nitrogen and oxygen atoms in total. The van der Waals surface area contributed by atoms with E-state index in [1.807, 2.05) is 47.9 Å². The van der Waals surface area contributed by atoms with Crippen LogP contribution in [-0.4, -0.2) is 26.4 Å². The van der Waals surface area contributed by atoms with Crippen molar-refractivity contribution in [2.75, 3.05) is 11.1 Å². The maximum atomic E-state index is 12.2. The molecule has 0 aliphatic heterocycles. The molecule has 3 aromatic rings. The Kier molecular flexibility index (Phi) is 5.11. The van der Waals surface area contributed by atoms with Crippen LogP contribution in [0.4, 0.5) is 5.69 Å². The average Bonchev–Trinajstić information content (AvgIpc) is 3.01. The minimum absolute atomic E-state index is 0.166. The maximum Gasteiger partial charge on any atom is 0.234 e. The molecule has 1 amide bonds. The lowest BCUT2D eigenvalue weighted by Gasteiger charge is -2.08. The first-order chi connectivity index (χ1) is 12.2. The van der Waals surface area contributed by atoms with E-state index in [1.54, 1.807) is 24.3 Å². The molecule has 0 aliphatic rings. The molecule has 0 fully saturated rings. The van der Waals surface area contributed by atoms with Crippen LogP contribution >= 0.6 is 11.8 Å². The molecule has 1 heterocycles. The molecule has 1 N–H and O–H groups in total. The summed E-state index contributed by atoms with van der Waals surface area (Å²) in [5.74, 6) is 0.790. The van der Waals surface area contributed by atoms with Gasteiger partial charge in [-0.2, -0.15) is 5.26 Å². The second kappa shape index (κ2) is 7.64. The van der Waals surface area contributed by atoms with E-state index in [-0.39, 0.29) is 11.7 Å². The number of aryl methyl sites for hydroxylation is 1. The van der Waals surface area contributed by atoms with Crippen molar-refractivity contribution in [1.29, 1.82) is 5.26 Å². The molecule has 124 valence electrons. The number of carbonyl (C=O) groups excluding carboxylic acids is 1. The fourth-order valence-electron chi connectivity index (χ4n) is 2.30. The van der Waals surface area contributed by atoms with E-state index < -0.39 is 0 Å². The van der Waals surface area contributed by atoms with E-state index in [4.69, 9.17) is 5.26 Å². The first-order valence-corrected chi connectivity index (χ1v) is 8.56. The summed E-state index contributed by atoms with van der Waals surface area (Å²) in [6, 6.07) is 18.6. The topological polar surface area (TPSA) is 83.6 Å². The van der Waals surface area contributed by atoms with Crippen molar-refractivity contribution in [2.24, 2.45) is 0 Å². The van der Waals surface area contributed by atoms with Gasteiger partial charge in [-0.3, -0.25) is 9.36 Å². The van der Waals surface area contributed by atoms with E-state index in [9.17, 15) is 4.79 Å². The molecular formula is C18H15N5OS. The van der Waals surface area contributed by atoms with E-state index >= 15 is 0 Å². The predicted molar refractivity (Wildman–Crippen MR) is 96.6 cm³/mol. The van der Waals surface area contributed by atoms with Crippen LogP contribution < -0.4 is 5.32 Å². The van der Waals surface area contributed by atoms with Crippen molar-refractivity contribution in [2.45, 2.75) is 12.1 Å². The van der Waals surface area contributed by atoms with E-state index in [1.165, 1.54) is 11.8 Å². The highest BCUT2D eigenvalue weighted by Gasteiger charge is 2.13. The number of rotatable bonds is 5. The van der Waals surface area contributed by atoms with E-state index in [0.717, 1.165) is 11.5 Å². The van der Waals surface area contributed by atoms with Crippen LogP contribution in [0.15, 0.2) is 59.8 Å². The minimum atomic E-state index is -0.166. The third-order valence-electron chi connectivity index (χ3n) is 3.42. The number of hydrogen-bond donors (Lipinski definition) is 1. The summed E-state index contributed by atoms with van der Waals surface area (Å²) in [5.41, 5.74) is 2.06. The Morgan fingerprint density at radius 3 is 2.76 bits per heavy atom. The lowest BCUT2D eigenvalue weighted by molar-refractivity contribution is -0.113. The predicted octanol–water partition coefficient (Wildman–Crippen LogP) is 3.18. The molecule has 0 atom stereocenters. The highest BCUT2D eigenvalue weighted by atomic mass is 32.2. The Morgan fingerprint density at radius 2 is 2.00 bits per heavy atom. The Hall–Kier alpha value is -3.11. The van der Waals surface area contributed by atoms with Gasteiger partial charge in [0.05, 0.1) is 17.4 Å². The lowest BCUT2D eigenvalue weighted by Crippen LogP contribution is -2.14. The average molecular weight is 349 g/mol. The van der Waals surface area contributed by atoms with Gasteiger partial charge < -0.3 is 5.32 Å². The van der Waals surface area contributed by atoms with Crippen LogP contribution in [0.3, 0.4) is 0 Å². The Bertz CT molecular complexity index is 930. The molecule has 0 spiro atoms. The van der Waals surface area contributed by atoms with Gasteiger partial charge in [-0.1, -0.05) is 36.0 Å². The molecule has 0 unspecified atom stereocenters. The maximum absolute atomic E-state index is 12.2. The van der Waals surface area contributed by atoms with Gasteiger partial charge in [0.15, 0.2) is 5.16 Å². The van der Waals surface area contributed by atoms with Crippen molar-refractivity contribution < 1.29 is 4.79 Å². The third kappa shape index (κ3) is 4.05. The Balaban J connectivity index is 1.68. The molecule has 0 bridgehead atoms. The number of anilines is 1. The summed E-state index contributed by atoms with van der Waals surface area (Å²) in [4.78, 5) is 12.2. The summed E-state index contributed by atoms with van der Waals surface area (Å²) in [6.07, 6.45) is 0. The minimum Gasteiger partial charge on any atom is -0.325 e. The number of thioether (sulfide) groups is 1. The van der Waals surface area contributed by atoms with Gasteiger partial charge in [0.2, 0.25) is 5.91 Å².